The quantitative estimate of drug-likeness (QED) is 0.733. The van der Waals surface area contributed by atoms with Gasteiger partial charge in [0.1, 0.15) is 0 Å². The number of hydrogen-bond acceptors (Lipinski definition) is 2. The maximum atomic E-state index is 12.7. The van der Waals surface area contributed by atoms with Gasteiger partial charge in [-0.05, 0) is 36.6 Å². The lowest BCUT2D eigenvalue weighted by atomic mass is 9.95. The van der Waals surface area contributed by atoms with Crippen molar-refractivity contribution in [2.45, 2.75) is 32.2 Å². The summed E-state index contributed by atoms with van der Waals surface area (Å²) >= 11 is 0. The number of rotatable bonds is 6. The van der Waals surface area contributed by atoms with Crippen LogP contribution >= 0.6 is 0 Å². The summed E-state index contributed by atoms with van der Waals surface area (Å²) in [5.74, 6) is -0.0474. The standard InChI is InChI=1S/C21H23N3O/c1-3-20(18-7-5-4-6-8-18)21(25)23-16(2)17-9-11-19(12-10-17)24-14-13-22-15-24/h4-16,20H,3H2,1-2H3,(H,23,25)/t16-,20-/m0/s1. The second-order valence-corrected chi connectivity index (χ2v) is 6.16. The van der Waals surface area contributed by atoms with Gasteiger partial charge in [-0.15, -0.1) is 0 Å². The first-order valence-corrected chi connectivity index (χ1v) is 8.62. The third-order valence-electron chi connectivity index (χ3n) is 4.48. The van der Waals surface area contributed by atoms with Crippen LogP contribution in [0.25, 0.3) is 5.69 Å². The lowest BCUT2D eigenvalue weighted by Crippen LogP contribution is -2.31. The highest BCUT2D eigenvalue weighted by Crippen LogP contribution is 2.22. The van der Waals surface area contributed by atoms with Crippen LogP contribution in [0.4, 0.5) is 0 Å². The van der Waals surface area contributed by atoms with E-state index in [0.717, 1.165) is 23.2 Å². The van der Waals surface area contributed by atoms with Crippen LogP contribution in [0.3, 0.4) is 0 Å². The summed E-state index contributed by atoms with van der Waals surface area (Å²) < 4.78 is 1.95. The number of nitrogens with zero attached hydrogens (tertiary/aromatic N) is 2. The number of aromatic nitrogens is 2. The topological polar surface area (TPSA) is 46.9 Å². The van der Waals surface area contributed by atoms with Crippen LogP contribution in [0.15, 0.2) is 73.3 Å². The van der Waals surface area contributed by atoms with E-state index in [1.54, 1.807) is 12.5 Å². The molecule has 128 valence electrons. The Bertz CT molecular complexity index is 795. The normalized spacial score (nSPS) is 13.2. The smallest absolute Gasteiger partial charge is 0.228 e. The van der Waals surface area contributed by atoms with E-state index in [2.05, 4.69) is 10.3 Å². The third kappa shape index (κ3) is 3.97. The van der Waals surface area contributed by atoms with Gasteiger partial charge in [0.15, 0.2) is 0 Å². The number of carbonyl (C=O) groups excluding carboxylic acids is 1. The first kappa shape index (κ1) is 17.0. The van der Waals surface area contributed by atoms with Crippen molar-refractivity contribution in [3.05, 3.63) is 84.4 Å². The third-order valence-corrected chi connectivity index (χ3v) is 4.48. The molecule has 0 aliphatic heterocycles. The van der Waals surface area contributed by atoms with Gasteiger partial charge < -0.3 is 9.88 Å². The molecule has 1 heterocycles. The van der Waals surface area contributed by atoms with Crippen LogP contribution in [0.1, 0.15) is 43.4 Å². The minimum atomic E-state index is -0.117. The van der Waals surface area contributed by atoms with Crippen molar-refractivity contribution in [3.8, 4) is 5.69 Å². The average molecular weight is 333 g/mol. The Hall–Kier alpha value is -2.88. The van der Waals surface area contributed by atoms with Crippen molar-refractivity contribution >= 4 is 5.91 Å². The Labute approximate surface area is 148 Å². The van der Waals surface area contributed by atoms with Crippen LogP contribution in [-0.4, -0.2) is 15.5 Å². The molecule has 0 fully saturated rings. The van der Waals surface area contributed by atoms with Gasteiger partial charge in [-0.2, -0.15) is 0 Å². The van der Waals surface area contributed by atoms with Gasteiger partial charge in [0.25, 0.3) is 0 Å². The van der Waals surface area contributed by atoms with E-state index < -0.39 is 0 Å². The summed E-state index contributed by atoms with van der Waals surface area (Å²) in [4.78, 5) is 16.7. The molecule has 0 radical (unpaired) electrons. The Kier molecular flexibility index (Phi) is 5.29. The second-order valence-electron chi connectivity index (χ2n) is 6.16. The maximum Gasteiger partial charge on any atom is 0.228 e. The monoisotopic (exact) mass is 333 g/mol. The summed E-state index contributed by atoms with van der Waals surface area (Å²) in [5.41, 5.74) is 3.20. The van der Waals surface area contributed by atoms with Crippen molar-refractivity contribution in [3.63, 3.8) is 0 Å². The van der Waals surface area contributed by atoms with Gasteiger partial charge in [0.05, 0.1) is 18.3 Å². The summed E-state index contributed by atoms with van der Waals surface area (Å²) in [6, 6.07) is 18.1. The van der Waals surface area contributed by atoms with Gasteiger partial charge in [-0.1, -0.05) is 49.4 Å². The lowest BCUT2D eigenvalue weighted by molar-refractivity contribution is -0.123. The Balaban J connectivity index is 1.68. The summed E-state index contributed by atoms with van der Waals surface area (Å²) in [5, 5.41) is 3.14. The molecule has 0 aliphatic rings. The van der Waals surface area contributed by atoms with Gasteiger partial charge >= 0.3 is 0 Å². The largest absolute Gasteiger partial charge is 0.349 e. The molecular weight excluding hydrogens is 310 g/mol. The highest BCUT2D eigenvalue weighted by Gasteiger charge is 2.20. The molecule has 3 rings (SSSR count). The zero-order valence-corrected chi connectivity index (χ0v) is 14.6. The summed E-state index contributed by atoms with van der Waals surface area (Å²) in [7, 11) is 0. The molecule has 1 amide bonds. The van der Waals surface area contributed by atoms with Crippen LogP contribution in [-0.2, 0) is 4.79 Å². The fourth-order valence-corrected chi connectivity index (χ4v) is 3.00. The molecule has 0 aliphatic carbocycles. The van der Waals surface area contributed by atoms with E-state index in [0.29, 0.717) is 0 Å². The van der Waals surface area contributed by atoms with Crippen LogP contribution < -0.4 is 5.32 Å². The number of carbonyl (C=O) groups is 1. The van der Waals surface area contributed by atoms with Crippen molar-refractivity contribution in [1.29, 1.82) is 0 Å². The predicted molar refractivity (Wildman–Crippen MR) is 99.6 cm³/mol. The van der Waals surface area contributed by atoms with E-state index in [1.807, 2.05) is 79.2 Å². The minimum absolute atomic E-state index is 0.0397. The van der Waals surface area contributed by atoms with E-state index >= 15 is 0 Å². The first-order valence-electron chi connectivity index (χ1n) is 8.62. The summed E-state index contributed by atoms with van der Waals surface area (Å²) in [6.45, 7) is 4.06. The Morgan fingerprint density at radius 1 is 1.08 bits per heavy atom. The number of benzene rings is 2. The lowest BCUT2D eigenvalue weighted by Gasteiger charge is -2.20. The molecule has 1 N–H and O–H groups in total. The molecule has 0 unspecified atom stereocenters. The fraction of sp³-hybridized carbons (Fsp3) is 0.238. The molecule has 4 heteroatoms. The van der Waals surface area contributed by atoms with Crippen molar-refractivity contribution < 1.29 is 4.79 Å². The number of nitrogens with one attached hydrogen (secondary N) is 1. The molecule has 1 aromatic heterocycles. The van der Waals surface area contributed by atoms with Gasteiger partial charge in [0, 0.05) is 18.1 Å². The van der Waals surface area contributed by atoms with Gasteiger partial charge in [-0.3, -0.25) is 4.79 Å². The Morgan fingerprint density at radius 3 is 2.40 bits per heavy atom. The van der Waals surface area contributed by atoms with Crippen molar-refractivity contribution in [2.75, 3.05) is 0 Å². The number of hydrogen-bond donors (Lipinski definition) is 1. The van der Waals surface area contributed by atoms with Crippen LogP contribution in [0, 0.1) is 0 Å². The van der Waals surface area contributed by atoms with E-state index in [1.165, 1.54) is 0 Å². The number of imidazole rings is 1. The molecule has 3 aromatic rings. The van der Waals surface area contributed by atoms with E-state index in [-0.39, 0.29) is 17.9 Å². The molecule has 2 aromatic carbocycles. The number of amides is 1. The molecule has 0 saturated carbocycles. The molecular formula is C21H23N3O. The molecule has 0 spiro atoms. The zero-order valence-electron chi connectivity index (χ0n) is 14.6. The SMILES string of the molecule is CC[C@H](C(=O)N[C@@H](C)c1ccc(-n2ccnc2)cc1)c1ccccc1. The maximum absolute atomic E-state index is 12.7. The van der Waals surface area contributed by atoms with Crippen LogP contribution in [0.5, 0.6) is 0 Å². The van der Waals surface area contributed by atoms with E-state index in [4.69, 9.17) is 0 Å². The molecule has 0 bridgehead atoms. The Morgan fingerprint density at radius 2 is 1.80 bits per heavy atom. The first-order chi connectivity index (χ1) is 12.2. The van der Waals surface area contributed by atoms with Gasteiger partial charge in [0.2, 0.25) is 5.91 Å². The zero-order chi connectivity index (χ0) is 17.6. The molecule has 2 atom stereocenters. The van der Waals surface area contributed by atoms with Crippen molar-refractivity contribution in [2.24, 2.45) is 0 Å². The van der Waals surface area contributed by atoms with Gasteiger partial charge in [-0.25, -0.2) is 4.98 Å². The molecule has 0 saturated heterocycles. The van der Waals surface area contributed by atoms with E-state index in [9.17, 15) is 4.79 Å². The second kappa shape index (κ2) is 7.79. The predicted octanol–water partition coefficient (Wildman–Crippen LogP) is 4.24. The highest BCUT2D eigenvalue weighted by molar-refractivity contribution is 5.83. The average Bonchev–Trinajstić information content (AvgIpc) is 3.18. The molecule has 4 nitrogen and oxygen atoms in total. The highest BCUT2D eigenvalue weighted by atomic mass is 16.1. The fourth-order valence-electron chi connectivity index (χ4n) is 3.00. The van der Waals surface area contributed by atoms with Crippen LogP contribution in [0.2, 0.25) is 0 Å². The summed E-state index contributed by atoms with van der Waals surface area (Å²) in [6.07, 6.45) is 6.21. The van der Waals surface area contributed by atoms with Crippen molar-refractivity contribution in [1.82, 2.24) is 14.9 Å². The molecule has 25 heavy (non-hydrogen) atoms. The minimum Gasteiger partial charge on any atom is -0.349 e.